The highest BCUT2D eigenvalue weighted by Gasteiger charge is 2.33. The molecule has 0 N–H and O–H groups in total. The molecular formula is C22H22ClNO. The molecule has 2 aromatic rings. The Labute approximate surface area is 154 Å². The highest BCUT2D eigenvalue weighted by atomic mass is 35.5. The number of carbonyl (C=O) groups is 1. The van der Waals surface area contributed by atoms with Crippen LogP contribution in [0.15, 0.2) is 54.1 Å². The summed E-state index contributed by atoms with van der Waals surface area (Å²) in [4.78, 5) is 14.8. The van der Waals surface area contributed by atoms with Gasteiger partial charge in [0.1, 0.15) is 0 Å². The summed E-state index contributed by atoms with van der Waals surface area (Å²) >= 11 is 5.90. The van der Waals surface area contributed by atoms with Gasteiger partial charge in [-0.1, -0.05) is 41.4 Å². The summed E-state index contributed by atoms with van der Waals surface area (Å²) in [6.07, 6.45) is 1.67. The summed E-state index contributed by atoms with van der Waals surface area (Å²) in [6.45, 7) is 5.16. The van der Waals surface area contributed by atoms with Crippen molar-refractivity contribution < 1.29 is 4.79 Å². The standard InChI is InChI=1S/C22H22ClNO/c1-15-18-4-2-3-5-20(18)21-14-24(12-10-19(15)21)13-11-22(25)16-6-8-17(23)9-7-16/h2-9,21H,10-14H2,1H3. The first-order valence-electron chi connectivity index (χ1n) is 8.93. The van der Waals surface area contributed by atoms with Gasteiger partial charge in [-0.05, 0) is 54.3 Å². The van der Waals surface area contributed by atoms with E-state index in [1.165, 1.54) is 16.7 Å². The van der Waals surface area contributed by atoms with Gasteiger partial charge in [0.25, 0.3) is 0 Å². The van der Waals surface area contributed by atoms with Gasteiger partial charge in [-0.3, -0.25) is 4.79 Å². The van der Waals surface area contributed by atoms with Gasteiger partial charge in [-0.25, -0.2) is 0 Å². The van der Waals surface area contributed by atoms with E-state index >= 15 is 0 Å². The smallest absolute Gasteiger partial charge is 0.164 e. The molecule has 2 aromatic carbocycles. The Morgan fingerprint density at radius 3 is 2.72 bits per heavy atom. The van der Waals surface area contributed by atoms with Crippen LogP contribution in [-0.4, -0.2) is 30.3 Å². The second kappa shape index (κ2) is 6.78. The van der Waals surface area contributed by atoms with E-state index in [1.54, 1.807) is 17.7 Å². The fraction of sp³-hybridized carbons (Fsp3) is 0.318. The Morgan fingerprint density at radius 1 is 1.16 bits per heavy atom. The summed E-state index contributed by atoms with van der Waals surface area (Å²) < 4.78 is 0. The molecule has 4 rings (SSSR count). The Morgan fingerprint density at radius 2 is 1.92 bits per heavy atom. The first-order chi connectivity index (χ1) is 12.1. The van der Waals surface area contributed by atoms with Gasteiger partial charge in [0, 0.05) is 42.6 Å². The Hall–Kier alpha value is -1.90. The minimum absolute atomic E-state index is 0.195. The molecule has 0 amide bonds. The second-order valence-electron chi connectivity index (χ2n) is 7.02. The molecule has 1 saturated heterocycles. The fourth-order valence-electron chi connectivity index (χ4n) is 4.21. The van der Waals surface area contributed by atoms with Crippen LogP contribution in [0, 0.1) is 0 Å². The third-order valence-electron chi connectivity index (χ3n) is 5.60. The van der Waals surface area contributed by atoms with Gasteiger partial charge in [-0.15, -0.1) is 0 Å². The van der Waals surface area contributed by atoms with Crippen LogP contribution in [0.5, 0.6) is 0 Å². The monoisotopic (exact) mass is 351 g/mol. The topological polar surface area (TPSA) is 20.3 Å². The second-order valence-corrected chi connectivity index (χ2v) is 7.46. The number of halogens is 1. The molecule has 2 aliphatic rings. The molecule has 0 spiro atoms. The van der Waals surface area contributed by atoms with Gasteiger partial charge in [0.15, 0.2) is 5.78 Å². The number of ketones is 1. The number of piperidine rings is 1. The number of Topliss-reactive ketones (excluding diaryl/α,β-unsaturated/α-hetero) is 1. The van der Waals surface area contributed by atoms with E-state index in [-0.39, 0.29) is 5.78 Å². The maximum atomic E-state index is 12.4. The van der Waals surface area contributed by atoms with E-state index in [0.29, 0.717) is 17.4 Å². The molecule has 1 heterocycles. The van der Waals surface area contributed by atoms with E-state index in [9.17, 15) is 4.79 Å². The summed E-state index contributed by atoms with van der Waals surface area (Å²) in [5, 5.41) is 0.669. The van der Waals surface area contributed by atoms with E-state index < -0.39 is 0 Å². The zero-order valence-electron chi connectivity index (χ0n) is 14.5. The molecule has 1 aliphatic carbocycles. The Bertz CT molecular complexity index is 837. The summed E-state index contributed by atoms with van der Waals surface area (Å²) in [6, 6.07) is 16.0. The number of carbonyl (C=O) groups excluding carboxylic acids is 1. The van der Waals surface area contributed by atoms with Crippen molar-refractivity contribution in [3.8, 4) is 0 Å². The van der Waals surface area contributed by atoms with Crippen molar-refractivity contribution in [3.63, 3.8) is 0 Å². The van der Waals surface area contributed by atoms with Gasteiger partial charge < -0.3 is 4.90 Å². The lowest BCUT2D eigenvalue weighted by Gasteiger charge is -2.33. The lowest BCUT2D eigenvalue weighted by molar-refractivity contribution is 0.0960. The fourth-order valence-corrected chi connectivity index (χ4v) is 4.33. The zero-order chi connectivity index (χ0) is 17.4. The number of likely N-dealkylation sites (tertiary alicyclic amines) is 1. The van der Waals surface area contributed by atoms with Crippen molar-refractivity contribution in [1.82, 2.24) is 4.90 Å². The summed E-state index contributed by atoms with van der Waals surface area (Å²) in [5.74, 6) is 0.705. The third-order valence-corrected chi connectivity index (χ3v) is 5.85. The molecule has 0 radical (unpaired) electrons. The predicted molar refractivity (Wildman–Crippen MR) is 103 cm³/mol. The van der Waals surface area contributed by atoms with Crippen LogP contribution in [0.4, 0.5) is 0 Å². The van der Waals surface area contributed by atoms with Crippen LogP contribution in [0.3, 0.4) is 0 Å². The van der Waals surface area contributed by atoms with Crippen LogP contribution in [0.1, 0.15) is 47.2 Å². The predicted octanol–water partition coefficient (Wildman–Crippen LogP) is 5.19. The van der Waals surface area contributed by atoms with Gasteiger partial charge in [0.2, 0.25) is 0 Å². The molecule has 25 heavy (non-hydrogen) atoms. The van der Waals surface area contributed by atoms with Crippen LogP contribution in [0.2, 0.25) is 5.02 Å². The SMILES string of the molecule is CC1=C2CCN(CCC(=O)c3ccc(Cl)cc3)CC2c2ccccc21. The van der Waals surface area contributed by atoms with Gasteiger partial charge in [0.05, 0.1) is 0 Å². The largest absolute Gasteiger partial charge is 0.302 e. The lowest BCUT2D eigenvalue weighted by atomic mass is 9.89. The minimum atomic E-state index is 0.195. The third kappa shape index (κ3) is 3.17. The highest BCUT2D eigenvalue weighted by Crippen LogP contribution is 2.45. The highest BCUT2D eigenvalue weighted by molar-refractivity contribution is 6.30. The Balaban J connectivity index is 1.41. The lowest BCUT2D eigenvalue weighted by Crippen LogP contribution is -2.36. The van der Waals surface area contributed by atoms with Crippen molar-refractivity contribution in [2.24, 2.45) is 0 Å². The van der Waals surface area contributed by atoms with Crippen molar-refractivity contribution in [1.29, 1.82) is 0 Å². The average molecular weight is 352 g/mol. The number of hydrogen-bond acceptors (Lipinski definition) is 2. The van der Waals surface area contributed by atoms with E-state index in [0.717, 1.165) is 31.6 Å². The maximum absolute atomic E-state index is 12.4. The Kier molecular flexibility index (Phi) is 4.49. The van der Waals surface area contributed by atoms with E-state index in [1.807, 2.05) is 12.1 Å². The van der Waals surface area contributed by atoms with Crippen molar-refractivity contribution in [2.75, 3.05) is 19.6 Å². The molecule has 2 nitrogen and oxygen atoms in total. The van der Waals surface area contributed by atoms with Crippen LogP contribution in [-0.2, 0) is 0 Å². The molecule has 0 aromatic heterocycles. The normalized spacial score (nSPS) is 19.7. The molecule has 128 valence electrons. The van der Waals surface area contributed by atoms with Crippen molar-refractivity contribution in [2.45, 2.75) is 25.7 Å². The summed E-state index contributed by atoms with van der Waals surface area (Å²) in [7, 11) is 0. The molecule has 1 aliphatic heterocycles. The summed E-state index contributed by atoms with van der Waals surface area (Å²) in [5.41, 5.74) is 6.70. The number of allylic oxidation sites excluding steroid dienone is 1. The van der Waals surface area contributed by atoms with Crippen LogP contribution < -0.4 is 0 Å². The molecule has 1 fully saturated rings. The minimum Gasteiger partial charge on any atom is -0.302 e. The average Bonchev–Trinajstić information content (AvgIpc) is 2.93. The van der Waals surface area contributed by atoms with E-state index in [4.69, 9.17) is 11.6 Å². The molecule has 0 bridgehead atoms. The van der Waals surface area contributed by atoms with E-state index in [2.05, 4.69) is 36.1 Å². The molecule has 0 saturated carbocycles. The molecular weight excluding hydrogens is 330 g/mol. The van der Waals surface area contributed by atoms with Gasteiger partial charge >= 0.3 is 0 Å². The number of nitrogens with zero attached hydrogens (tertiary/aromatic N) is 1. The maximum Gasteiger partial charge on any atom is 0.164 e. The van der Waals surface area contributed by atoms with Crippen LogP contribution >= 0.6 is 11.6 Å². The van der Waals surface area contributed by atoms with Crippen molar-refractivity contribution >= 4 is 23.0 Å². The van der Waals surface area contributed by atoms with Gasteiger partial charge in [-0.2, -0.15) is 0 Å². The van der Waals surface area contributed by atoms with Crippen molar-refractivity contribution in [3.05, 3.63) is 75.8 Å². The first kappa shape index (κ1) is 16.6. The molecule has 1 unspecified atom stereocenters. The zero-order valence-corrected chi connectivity index (χ0v) is 15.2. The molecule has 3 heteroatoms. The molecule has 1 atom stereocenters. The number of rotatable bonds is 4. The first-order valence-corrected chi connectivity index (χ1v) is 9.31. The van der Waals surface area contributed by atoms with Crippen LogP contribution in [0.25, 0.3) is 5.57 Å². The number of hydrogen-bond donors (Lipinski definition) is 0. The number of fused-ring (bicyclic) bond motifs is 3. The number of benzene rings is 2. The quantitative estimate of drug-likeness (QED) is 0.706.